The highest BCUT2D eigenvalue weighted by Gasteiger charge is 2.15. The Balaban J connectivity index is 0.000000811. The molecule has 1 aliphatic rings. The van der Waals surface area contributed by atoms with Gasteiger partial charge in [-0.3, -0.25) is 4.79 Å². The molecule has 0 atom stereocenters. The lowest BCUT2D eigenvalue weighted by Gasteiger charge is -2.31. The largest absolute Gasteiger partial charge is 0.356 e. The van der Waals surface area contributed by atoms with Gasteiger partial charge in [0.1, 0.15) is 5.82 Å². The number of nitrogens with zero attached hydrogens (tertiary/aromatic N) is 2. The van der Waals surface area contributed by atoms with Crippen molar-refractivity contribution in [2.75, 3.05) is 25.0 Å². The lowest BCUT2D eigenvalue weighted by atomic mass is 10.2. The second-order valence-electron chi connectivity index (χ2n) is 3.32. The first-order chi connectivity index (χ1) is 7.81. The predicted molar refractivity (Wildman–Crippen MR) is 72.5 cm³/mol. The fourth-order valence-corrected chi connectivity index (χ4v) is 1.40. The highest BCUT2D eigenvalue weighted by atomic mass is 16.1. The maximum Gasteiger partial charge on any atom is 0.252 e. The minimum Gasteiger partial charge on any atom is -0.356 e. The summed E-state index contributed by atoms with van der Waals surface area (Å²) in [4.78, 5) is 17.6. The van der Waals surface area contributed by atoms with E-state index in [1.807, 2.05) is 19.9 Å². The Morgan fingerprint density at radius 1 is 1.35 bits per heavy atom. The smallest absolute Gasteiger partial charge is 0.252 e. The van der Waals surface area contributed by atoms with Crippen LogP contribution in [-0.2, 0) is 0 Å². The molecule has 2 heterocycles. The molecule has 0 saturated carbocycles. The average molecular weight is 237 g/mol. The maximum atomic E-state index is 11.2. The summed E-state index contributed by atoms with van der Waals surface area (Å²) >= 11 is 0. The Kier molecular flexibility index (Phi) is 6.94. The first-order valence-corrected chi connectivity index (χ1v) is 5.74. The summed E-state index contributed by atoms with van der Waals surface area (Å²) in [6.07, 6.45) is 2.85. The van der Waals surface area contributed by atoms with Crippen LogP contribution in [0.4, 0.5) is 5.82 Å². The normalized spacial score (nSPS) is 12.5. The van der Waals surface area contributed by atoms with Crippen molar-refractivity contribution in [2.24, 2.45) is 0 Å². The quantitative estimate of drug-likeness (QED) is 0.858. The Bertz CT molecular complexity index is 331. The molecule has 17 heavy (non-hydrogen) atoms. The molecular weight excluding hydrogens is 214 g/mol. The third-order valence-corrected chi connectivity index (χ3v) is 2.42. The zero-order valence-electron chi connectivity index (χ0n) is 10.2. The van der Waals surface area contributed by atoms with E-state index >= 15 is 0 Å². The van der Waals surface area contributed by atoms with Crippen molar-refractivity contribution in [1.82, 2.24) is 10.3 Å². The Morgan fingerprint density at radius 2 is 2.00 bits per heavy atom. The third-order valence-electron chi connectivity index (χ3n) is 2.42. The molecule has 2 rings (SSSR count). The van der Waals surface area contributed by atoms with Crippen molar-refractivity contribution in [3.8, 4) is 0 Å². The monoisotopic (exact) mass is 237 g/mol. The van der Waals surface area contributed by atoms with E-state index in [1.165, 1.54) is 6.42 Å². The van der Waals surface area contributed by atoms with Crippen LogP contribution in [0.15, 0.2) is 18.3 Å². The Hall–Kier alpha value is -1.58. The fraction of sp³-hybridized carbons (Fsp3) is 0.538. The van der Waals surface area contributed by atoms with E-state index in [2.05, 4.69) is 15.2 Å². The van der Waals surface area contributed by atoms with E-state index in [0.29, 0.717) is 5.56 Å². The van der Waals surface area contributed by atoms with Crippen LogP contribution in [0.5, 0.6) is 0 Å². The number of nitrogens with one attached hydrogen (secondary N) is 1. The summed E-state index contributed by atoms with van der Waals surface area (Å²) in [5.74, 6) is 0.872. The summed E-state index contributed by atoms with van der Waals surface area (Å²) in [6.45, 7) is 6.15. The van der Waals surface area contributed by atoms with Crippen molar-refractivity contribution in [3.05, 3.63) is 23.9 Å². The number of aromatic nitrogens is 1. The molecule has 96 valence electrons. The third kappa shape index (κ3) is 3.73. The summed E-state index contributed by atoms with van der Waals surface area (Å²) in [6, 6.07) is 3.70. The molecule has 4 heteroatoms. The molecule has 1 amide bonds. The van der Waals surface area contributed by atoms with Crippen LogP contribution in [0.3, 0.4) is 0 Å². The van der Waals surface area contributed by atoms with E-state index in [-0.39, 0.29) is 13.3 Å². The molecule has 1 aromatic rings. The minimum absolute atomic E-state index is 0. The minimum atomic E-state index is -0.0901. The number of hydrogen-bond donors (Lipinski definition) is 1. The van der Waals surface area contributed by atoms with Gasteiger partial charge in [0.2, 0.25) is 0 Å². The highest BCUT2D eigenvalue weighted by Crippen LogP contribution is 2.17. The van der Waals surface area contributed by atoms with Crippen LogP contribution >= 0.6 is 0 Å². The molecule has 0 aromatic carbocycles. The van der Waals surface area contributed by atoms with Gasteiger partial charge in [-0.15, -0.1) is 0 Å². The number of anilines is 1. The number of rotatable bonds is 2. The van der Waals surface area contributed by atoms with Gasteiger partial charge < -0.3 is 10.2 Å². The molecule has 1 fully saturated rings. The van der Waals surface area contributed by atoms with Gasteiger partial charge in [-0.1, -0.05) is 21.3 Å². The molecule has 0 radical (unpaired) electrons. The first kappa shape index (κ1) is 15.4. The van der Waals surface area contributed by atoms with Crippen molar-refractivity contribution < 1.29 is 4.79 Å². The van der Waals surface area contributed by atoms with Gasteiger partial charge in [0.05, 0.1) is 5.56 Å². The Labute approximate surface area is 104 Å². The van der Waals surface area contributed by atoms with E-state index in [4.69, 9.17) is 0 Å². The number of pyridine rings is 1. The molecular formula is C13H23N3O. The predicted octanol–water partition coefficient (Wildman–Crippen LogP) is 2.31. The Morgan fingerprint density at radius 3 is 2.35 bits per heavy atom. The molecule has 1 aliphatic heterocycles. The number of hydrogen-bond acceptors (Lipinski definition) is 3. The SMILES string of the molecule is C.CC.CNC(=O)c1ccc(N2CCC2)nc1. The van der Waals surface area contributed by atoms with Gasteiger partial charge in [0.25, 0.3) is 5.91 Å². The van der Waals surface area contributed by atoms with Gasteiger partial charge >= 0.3 is 0 Å². The lowest BCUT2D eigenvalue weighted by Crippen LogP contribution is -2.37. The van der Waals surface area contributed by atoms with E-state index in [1.54, 1.807) is 19.3 Å². The zero-order chi connectivity index (χ0) is 12.0. The zero-order valence-corrected chi connectivity index (χ0v) is 10.2. The maximum absolute atomic E-state index is 11.2. The topological polar surface area (TPSA) is 45.2 Å². The molecule has 1 saturated heterocycles. The van der Waals surface area contributed by atoms with Crippen molar-refractivity contribution in [3.63, 3.8) is 0 Å². The molecule has 0 unspecified atom stereocenters. The number of carbonyl (C=O) groups is 1. The van der Waals surface area contributed by atoms with Crippen LogP contribution < -0.4 is 10.2 Å². The molecule has 0 aliphatic carbocycles. The van der Waals surface area contributed by atoms with Crippen molar-refractivity contribution in [2.45, 2.75) is 27.7 Å². The van der Waals surface area contributed by atoms with Crippen LogP contribution in [0.1, 0.15) is 38.1 Å². The summed E-state index contributed by atoms with van der Waals surface area (Å²) in [5.41, 5.74) is 0.608. The van der Waals surface area contributed by atoms with Crippen LogP contribution in [0.25, 0.3) is 0 Å². The van der Waals surface area contributed by atoms with E-state index in [0.717, 1.165) is 18.9 Å². The van der Waals surface area contributed by atoms with Gasteiger partial charge in [0.15, 0.2) is 0 Å². The highest BCUT2D eigenvalue weighted by molar-refractivity contribution is 5.93. The molecule has 1 N–H and O–H groups in total. The summed E-state index contributed by atoms with van der Waals surface area (Å²) in [7, 11) is 1.62. The summed E-state index contributed by atoms with van der Waals surface area (Å²) < 4.78 is 0. The van der Waals surface area contributed by atoms with Crippen molar-refractivity contribution >= 4 is 11.7 Å². The molecule has 0 bridgehead atoms. The fourth-order valence-electron chi connectivity index (χ4n) is 1.40. The number of amides is 1. The van der Waals surface area contributed by atoms with E-state index < -0.39 is 0 Å². The van der Waals surface area contributed by atoms with E-state index in [9.17, 15) is 4.79 Å². The van der Waals surface area contributed by atoms with Gasteiger partial charge in [-0.2, -0.15) is 0 Å². The molecule has 0 spiro atoms. The van der Waals surface area contributed by atoms with Gasteiger partial charge in [0, 0.05) is 26.3 Å². The second kappa shape index (κ2) is 7.65. The number of carbonyl (C=O) groups excluding carboxylic acids is 1. The van der Waals surface area contributed by atoms with Crippen LogP contribution in [-0.4, -0.2) is 31.0 Å². The van der Waals surface area contributed by atoms with Crippen LogP contribution in [0.2, 0.25) is 0 Å². The second-order valence-corrected chi connectivity index (χ2v) is 3.32. The summed E-state index contributed by atoms with van der Waals surface area (Å²) in [5, 5.41) is 2.57. The van der Waals surface area contributed by atoms with Gasteiger partial charge in [-0.25, -0.2) is 4.98 Å². The average Bonchev–Trinajstić information content (AvgIpc) is 2.29. The van der Waals surface area contributed by atoms with Crippen molar-refractivity contribution in [1.29, 1.82) is 0 Å². The molecule has 1 aromatic heterocycles. The lowest BCUT2D eigenvalue weighted by molar-refractivity contribution is 0.0963. The van der Waals surface area contributed by atoms with Gasteiger partial charge in [-0.05, 0) is 18.6 Å². The molecule has 4 nitrogen and oxygen atoms in total. The van der Waals surface area contributed by atoms with Crippen LogP contribution in [0, 0.1) is 0 Å². The first-order valence-electron chi connectivity index (χ1n) is 5.74. The standard InChI is InChI=1S/C10H13N3O.C2H6.CH4/c1-11-10(14)8-3-4-9(12-7-8)13-5-2-6-13;1-2;/h3-4,7H,2,5-6H2,1H3,(H,11,14);1-2H3;1H4.